The number of hydrogen-bond acceptors (Lipinski definition) is 1. The van der Waals surface area contributed by atoms with E-state index in [-0.39, 0.29) is 5.41 Å². The fraction of sp³-hybridized carbons (Fsp3) is 0.833. The summed E-state index contributed by atoms with van der Waals surface area (Å²) in [6.07, 6.45) is 0. The third kappa shape index (κ3) is 6.27. The van der Waals surface area contributed by atoms with Gasteiger partial charge in [-0.15, -0.1) is 0 Å². The zero-order valence-electron chi connectivity index (χ0n) is 19.7. The predicted octanol–water partition coefficient (Wildman–Crippen LogP) is 7.34. The van der Waals surface area contributed by atoms with Gasteiger partial charge in [-0.2, -0.15) is 0 Å². The molecule has 0 unspecified atom stereocenters. The molecule has 0 aromatic rings. The minimum atomic E-state index is 0.222. The lowest BCUT2D eigenvalue weighted by atomic mass is 9.74. The van der Waals surface area contributed by atoms with E-state index < -0.39 is 0 Å². The Morgan fingerprint density at radius 2 is 1.12 bits per heavy atom. The number of nitrogens with zero attached hydrogens (tertiary/aromatic N) is 1. The molecular weight excluding hydrogens is 302 g/mol. The predicted molar refractivity (Wildman–Crippen MR) is 116 cm³/mol. The molecule has 1 rings (SSSR count). The van der Waals surface area contributed by atoms with E-state index in [0.717, 1.165) is 13.1 Å². The van der Waals surface area contributed by atoms with E-state index in [1.807, 2.05) is 13.8 Å². The molecule has 0 amide bonds. The molecule has 0 radical (unpaired) electrons. The summed E-state index contributed by atoms with van der Waals surface area (Å²) in [6, 6.07) is 0.584. The summed E-state index contributed by atoms with van der Waals surface area (Å²) in [4.78, 5) is 2.67. The smallest absolute Gasteiger partial charge is 0.0210 e. The van der Waals surface area contributed by atoms with Crippen LogP contribution in [0.2, 0.25) is 0 Å². The van der Waals surface area contributed by atoms with E-state index >= 15 is 0 Å². The van der Waals surface area contributed by atoms with Crippen LogP contribution < -0.4 is 0 Å². The quantitative estimate of drug-likeness (QED) is 0.513. The Hall–Kier alpha value is -0.560. The maximum Gasteiger partial charge on any atom is 0.0210 e. The lowest BCUT2D eigenvalue weighted by molar-refractivity contribution is 0.241. The SMILES string of the molecule is CC.CC(C)C1=C(C(C)C)C(C(C)C)=C(C(C)(C)C)CN(C(C)C)C1. The first-order valence-electron chi connectivity index (χ1n) is 10.6. The van der Waals surface area contributed by atoms with Gasteiger partial charge in [0.2, 0.25) is 0 Å². The van der Waals surface area contributed by atoms with Crippen molar-refractivity contribution >= 4 is 0 Å². The zero-order chi connectivity index (χ0) is 20.1. The van der Waals surface area contributed by atoms with Crippen LogP contribution in [0.25, 0.3) is 0 Å². The summed E-state index contributed by atoms with van der Waals surface area (Å²) >= 11 is 0. The molecule has 0 N–H and O–H groups in total. The van der Waals surface area contributed by atoms with Crippen LogP contribution in [0.3, 0.4) is 0 Å². The van der Waals surface area contributed by atoms with E-state index in [1.54, 1.807) is 22.3 Å². The van der Waals surface area contributed by atoms with Crippen LogP contribution in [0.15, 0.2) is 22.3 Å². The summed E-state index contributed by atoms with van der Waals surface area (Å²) in [5.41, 5.74) is 6.85. The van der Waals surface area contributed by atoms with Crippen LogP contribution in [-0.4, -0.2) is 24.0 Å². The average Bonchev–Trinajstić information content (AvgIpc) is 2.66. The molecule has 0 aromatic heterocycles. The van der Waals surface area contributed by atoms with Gasteiger partial charge in [0, 0.05) is 19.1 Å². The standard InChI is InChI=1S/C22H41N.C2H6/c1-14(2)18-12-23(17(7)8)13-19(22(9,10)11)21(16(5)6)20(18)15(3)4;1-2/h14-17H,12-13H2,1-11H3;1-2H3. The van der Waals surface area contributed by atoms with Gasteiger partial charge >= 0.3 is 0 Å². The van der Waals surface area contributed by atoms with Crippen molar-refractivity contribution < 1.29 is 0 Å². The summed E-state index contributed by atoms with van der Waals surface area (Å²) in [5.74, 6) is 1.79. The molecule has 0 atom stereocenters. The Balaban J connectivity index is 0.00000277. The molecule has 0 bridgehead atoms. The summed E-state index contributed by atoms with van der Waals surface area (Å²) in [7, 11) is 0. The van der Waals surface area contributed by atoms with Crippen LogP contribution in [0.4, 0.5) is 0 Å². The molecule has 1 aliphatic rings. The van der Waals surface area contributed by atoms with Crippen LogP contribution in [0, 0.1) is 23.2 Å². The van der Waals surface area contributed by atoms with Gasteiger partial charge in [0.15, 0.2) is 0 Å². The number of allylic oxidation sites excluding steroid dienone is 2. The van der Waals surface area contributed by atoms with Crippen molar-refractivity contribution in [1.29, 1.82) is 0 Å². The molecule has 1 aliphatic heterocycles. The van der Waals surface area contributed by atoms with E-state index in [0.29, 0.717) is 23.8 Å². The molecule has 148 valence electrons. The molecule has 0 saturated heterocycles. The number of hydrogen-bond donors (Lipinski definition) is 0. The third-order valence-corrected chi connectivity index (χ3v) is 5.18. The van der Waals surface area contributed by atoms with Crippen LogP contribution in [0.5, 0.6) is 0 Å². The van der Waals surface area contributed by atoms with Crippen LogP contribution >= 0.6 is 0 Å². The van der Waals surface area contributed by atoms with Gasteiger partial charge in [0.1, 0.15) is 0 Å². The normalized spacial score (nSPS) is 17.6. The molecule has 0 fully saturated rings. The molecule has 0 saturated carbocycles. The van der Waals surface area contributed by atoms with Crippen molar-refractivity contribution in [2.24, 2.45) is 23.2 Å². The number of rotatable bonds is 4. The lowest BCUT2D eigenvalue weighted by Gasteiger charge is -2.33. The second kappa shape index (κ2) is 9.95. The first-order chi connectivity index (χ1) is 11.4. The van der Waals surface area contributed by atoms with Crippen LogP contribution in [0.1, 0.15) is 90.0 Å². The topological polar surface area (TPSA) is 3.24 Å². The molecule has 25 heavy (non-hydrogen) atoms. The molecular formula is C24H47N. The molecule has 0 aromatic carbocycles. The van der Waals surface area contributed by atoms with Crippen LogP contribution in [-0.2, 0) is 0 Å². The van der Waals surface area contributed by atoms with Crippen molar-refractivity contribution in [3.8, 4) is 0 Å². The van der Waals surface area contributed by atoms with Gasteiger partial charge in [-0.25, -0.2) is 0 Å². The highest BCUT2D eigenvalue weighted by Gasteiger charge is 2.33. The van der Waals surface area contributed by atoms with Crippen molar-refractivity contribution in [2.45, 2.75) is 96.1 Å². The second-order valence-electron chi connectivity index (χ2n) is 9.54. The Morgan fingerprint density at radius 1 is 0.680 bits per heavy atom. The minimum Gasteiger partial charge on any atom is -0.293 e. The molecule has 1 nitrogen and oxygen atoms in total. The Bertz CT molecular complexity index is 467. The van der Waals surface area contributed by atoms with Gasteiger partial charge in [-0.1, -0.05) is 76.2 Å². The molecule has 0 spiro atoms. The average molecular weight is 350 g/mol. The Kier molecular flexibility index (Phi) is 9.73. The van der Waals surface area contributed by atoms with Crippen molar-refractivity contribution in [1.82, 2.24) is 4.90 Å². The van der Waals surface area contributed by atoms with E-state index in [4.69, 9.17) is 0 Å². The first kappa shape index (κ1) is 24.4. The fourth-order valence-corrected chi connectivity index (χ4v) is 3.82. The van der Waals surface area contributed by atoms with E-state index in [9.17, 15) is 0 Å². The molecule has 0 aliphatic carbocycles. The first-order valence-corrected chi connectivity index (χ1v) is 10.6. The zero-order valence-corrected chi connectivity index (χ0v) is 19.7. The maximum absolute atomic E-state index is 2.67. The minimum absolute atomic E-state index is 0.222. The largest absolute Gasteiger partial charge is 0.293 e. The van der Waals surface area contributed by atoms with E-state index in [2.05, 4.69) is 81.1 Å². The van der Waals surface area contributed by atoms with Crippen molar-refractivity contribution in [3.63, 3.8) is 0 Å². The van der Waals surface area contributed by atoms with Gasteiger partial charge < -0.3 is 0 Å². The van der Waals surface area contributed by atoms with Gasteiger partial charge in [0.05, 0.1) is 0 Å². The highest BCUT2D eigenvalue weighted by atomic mass is 15.1. The van der Waals surface area contributed by atoms with Gasteiger partial charge in [-0.3, -0.25) is 4.90 Å². The molecule has 1 heterocycles. The van der Waals surface area contributed by atoms with E-state index in [1.165, 1.54) is 0 Å². The van der Waals surface area contributed by atoms with Crippen molar-refractivity contribution in [3.05, 3.63) is 22.3 Å². The third-order valence-electron chi connectivity index (χ3n) is 5.18. The Labute approximate surface area is 160 Å². The second-order valence-corrected chi connectivity index (χ2v) is 9.54. The van der Waals surface area contributed by atoms with Gasteiger partial charge in [0.25, 0.3) is 0 Å². The monoisotopic (exact) mass is 349 g/mol. The fourth-order valence-electron chi connectivity index (χ4n) is 3.82. The summed E-state index contributed by atoms with van der Waals surface area (Å²) in [5, 5.41) is 0. The lowest BCUT2D eigenvalue weighted by Crippen LogP contribution is -2.36. The Morgan fingerprint density at radius 3 is 1.40 bits per heavy atom. The summed E-state index contributed by atoms with van der Waals surface area (Å²) in [6.45, 7) is 32.4. The van der Waals surface area contributed by atoms with Gasteiger partial charge in [-0.05, 0) is 59.3 Å². The highest BCUT2D eigenvalue weighted by Crippen LogP contribution is 2.42. The highest BCUT2D eigenvalue weighted by molar-refractivity contribution is 5.46. The molecule has 1 heteroatoms. The summed E-state index contributed by atoms with van der Waals surface area (Å²) < 4.78 is 0. The van der Waals surface area contributed by atoms with Crippen molar-refractivity contribution in [2.75, 3.05) is 13.1 Å². The maximum atomic E-state index is 2.67.